The molecule has 0 heterocycles. The van der Waals surface area contributed by atoms with E-state index in [9.17, 15) is 9.90 Å². The van der Waals surface area contributed by atoms with E-state index in [2.05, 4.69) is 26.1 Å². The fraction of sp³-hybridized carbons (Fsp3) is 0.933. The molecule has 1 unspecified atom stereocenters. The van der Waals surface area contributed by atoms with E-state index in [1.165, 1.54) is 12.8 Å². The minimum atomic E-state index is -0.397. The zero-order valence-electron chi connectivity index (χ0n) is 12.9. The van der Waals surface area contributed by atoms with Crippen LogP contribution in [0.15, 0.2) is 0 Å². The number of nitrogens with one attached hydrogen (secondary N) is 1. The van der Waals surface area contributed by atoms with Crippen molar-refractivity contribution in [1.29, 1.82) is 0 Å². The molecule has 0 aliphatic heterocycles. The van der Waals surface area contributed by atoms with Crippen molar-refractivity contribution in [2.75, 3.05) is 13.1 Å². The van der Waals surface area contributed by atoms with Gasteiger partial charge in [-0.25, -0.2) is 0 Å². The molecule has 0 aromatic carbocycles. The van der Waals surface area contributed by atoms with Gasteiger partial charge in [0.15, 0.2) is 0 Å². The highest BCUT2D eigenvalue weighted by molar-refractivity contribution is 5.78. The first-order valence-electron chi connectivity index (χ1n) is 7.60. The Hall–Kier alpha value is -0.610. The van der Waals surface area contributed by atoms with Gasteiger partial charge in [0, 0.05) is 18.6 Å². The number of aliphatic hydroxyl groups is 1. The maximum absolute atomic E-state index is 12.1. The second-order valence-electron chi connectivity index (χ2n) is 6.40. The van der Waals surface area contributed by atoms with Gasteiger partial charge in [0.25, 0.3) is 0 Å². The lowest BCUT2D eigenvalue weighted by Crippen LogP contribution is -2.47. The van der Waals surface area contributed by atoms with E-state index >= 15 is 0 Å². The van der Waals surface area contributed by atoms with Gasteiger partial charge < -0.3 is 10.4 Å². The Morgan fingerprint density at radius 1 is 1.26 bits per heavy atom. The van der Waals surface area contributed by atoms with Gasteiger partial charge >= 0.3 is 0 Å². The van der Waals surface area contributed by atoms with E-state index in [-0.39, 0.29) is 11.9 Å². The Labute approximate surface area is 117 Å². The molecule has 1 atom stereocenters. The van der Waals surface area contributed by atoms with Crippen LogP contribution in [0, 0.1) is 5.92 Å². The maximum Gasteiger partial charge on any atom is 0.234 e. The Balaban J connectivity index is 2.35. The fourth-order valence-electron chi connectivity index (χ4n) is 2.66. The van der Waals surface area contributed by atoms with E-state index < -0.39 is 6.10 Å². The molecule has 4 heteroatoms. The van der Waals surface area contributed by atoms with Gasteiger partial charge in [-0.15, -0.1) is 0 Å². The lowest BCUT2D eigenvalue weighted by atomic mass is 9.87. The third-order valence-corrected chi connectivity index (χ3v) is 3.96. The lowest BCUT2D eigenvalue weighted by Gasteiger charge is -2.30. The number of amides is 1. The molecule has 1 aliphatic rings. The van der Waals surface area contributed by atoms with Crippen LogP contribution < -0.4 is 5.32 Å². The monoisotopic (exact) mass is 270 g/mol. The Morgan fingerprint density at radius 3 is 2.32 bits per heavy atom. The third kappa shape index (κ3) is 6.39. The minimum absolute atomic E-state index is 0.0916. The predicted octanol–water partition coefficient (Wildman–Crippen LogP) is 1.77. The summed E-state index contributed by atoms with van der Waals surface area (Å²) in [6.45, 7) is 9.08. The first-order valence-corrected chi connectivity index (χ1v) is 7.60. The van der Waals surface area contributed by atoms with Gasteiger partial charge in [0.05, 0.1) is 12.6 Å². The molecule has 19 heavy (non-hydrogen) atoms. The van der Waals surface area contributed by atoms with Crippen LogP contribution in [0.4, 0.5) is 0 Å². The van der Waals surface area contributed by atoms with Gasteiger partial charge in [-0.05, 0) is 52.4 Å². The molecule has 0 aromatic rings. The molecule has 1 rings (SSSR count). The molecule has 0 radical (unpaired) electrons. The average molecular weight is 270 g/mol. The summed E-state index contributed by atoms with van der Waals surface area (Å²) in [4.78, 5) is 14.1. The summed E-state index contributed by atoms with van der Waals surface area (Å²) in [5.74, 6) is 0.893. The van der Waals surface area contributed by atoms with Crippen molar-refractivity contribution in [3.8, 4) is 0 Å². The maximum atomic E-state index is 12.1. The zero-order chi connectivity index (χ0) is 14.4. The number of aliphatic hydroxyl groups excluding tert-OH is 1. The molecule has 1 amide bonds. The average Bonchev–Trinajstić information content (AvgIpc) is 2.30. The summed E-state index contributed by atoms with van der Waals surface area (Å²) in [7, 11) is 0. The number of rotatable bonds is 6. The van der Waals surface area contributed by atoms with Gasteiger partial charge in [0.1, 0.15) is 0 Å². The topological polar surface area (TPSA) is 52.6 Å². The van der Waals surface area contributed by atoms with E-state index in [1.54, 1.807) is 6.92 Å². The summed E-state index contributed by atoms with van der Waals surface area (Å²) >= 11 is 0. The quantitative estimate of drug-likeness (QED) is 0.773. The van der Waals surface area contributed by atoms with Gasteiger partial charge in [-0.3, -0.25) is 9.69 Å². The van der Waals surface area contributed by atoms with Crippen LogP contribution in [0.1, 0.15) is 53.4 Å². The molecule has 0 spiro atoms. The van der Waals surface area contributed by atoms with Crippen molar-refractivity contribution in [2.24, 2.45) is 5.92 Å². The largest absolute Gasteiger partial charge is 0.392 e. The number of nitrogens with zero attached hydrogens (tertiary/aromatic N) is 1. The molecule has 0 saturated heterocycles. The summed E-state index contributed by atoms with van der Waals surface area (Å²) in [5, 5.41) is 12.6. The molecule has 0 bridgehead atoms. The van der Waals surface area contributed by atoms with E-state index in [1.807, 2.05) is 4.90 Å². The normalized spacial score (nSPS) is 25.6. The fourth-order valence-corrected chi connectivity index (χ4v) is 2.66. The van der Waals surface area contributed by atoms with Crippen LogP contribution >= 0.6 is 0 Å². The van der Waals surface area contributed by atoms with Crippen molar-refractivity contribution in [3.05, 3.63) is 0 Å². The first-order chi connectivity index (χ1) is 8.88. The highest BCUT2D eigenvalue weighted by atomic mass is 16.3. The van der Waals surface area contributed by atoms with Crippen molar-refractivity contribution >= 4 is 5.91 Å². The number of hydrogen-bond donors (Lipinski definition) is 2. The van der Waals surface area contributed by atoms with Crippen LogP contribution in [0.5, 0.6) is 0 Å². The van der Waals surface area contributed by atoms with E-state index in [0.717, 1.165) is 18.8 Å². The molecule has 1 fully saturated rings. The van der Waals surface area contributed by atoms with Crippen LogP contribution in [-0.4, -0.2) is 47.2 Å². The van der Waals surface area contributed by atoms with Gasteiger partial charge in [-0.1, -0.05) is 6.92 Å². The van der Waals surface area contributed by atoms with E-state index in [4.69, 9.17) is 0 Å². The van der Waals surface area contributed by atoms with Crippen LogP contribution in [-0.2, 0) is 4.79 Å². The van der Waals surface area contributed by atoms with Crippen LogP contribution in [0.25, 0.3) is 0 Å². The number of carbonyl (C=O) groups is 1. The molecule has 1 aliphatic carbocycles. The van der Waals surface area contributed by atoms with Crippen LogP contribution in [0.3, 0.4) is 0 Å². The summed E-state index contributed by atoms with van der Waals surface area (Å²) in [6, 6.07) is 0.621. The van der Waals surface area contributed by atoms with E-state index in [0.29, 0.717) is 19.1 Å². The number of carbonyl (C=O) groups excluding carboxylic acids is 1. The predicted molar refractivity (Wildman–Crippen MR) is 78.0 cm³/mol. The molecule has 1 saturated carbocycles. The molecule has 4 nitrogen and oxygen atoms in total. The highest BCUT2D eigenvalue weighted by Gasteiger charge is 2.21. The zero-order valence-corrected chi connectivity index (χ0v) is 12.9. The summed E-state index contributed by atoms with van der Waals surface area (Å²) in [5.41, 5.74) is 0. The van der Waals surface area contributed by atoms with Crippen molar-refractivity contribution < 1.29 is 9.90 Å². The third-order valence-electron chi connectivity index (χ3n) is 3.96. The van der Waals surface area contributed by atoms with Crippen molar-refractivity contribution in [3.63, 3.8) is 0 Å². The molecular formula is C15H30N2O2. The van der Waals surface area contributed by atoms with Crippen molar-refractivity contribution in [1.82, 2.24) is 10.2 Å². The second-order valence-corrected chi connectivity index (χ2v) is 6.40. The minimum Gasteiger partial charge on any atom is -0.392 e. The molecule has 2 N–H and O–H groups in total. The van der Waals surface area contributed by atoms with Gasteiger partial charge in [0.2, 0.25) is 5.91 Å². The first kappa shape index (κ1) is 16.4. The van der Waals surface area contributed by atoms with Crippen molar-refractivity contribution in [2.45, 2.75) is 71.6 Å². The summed E-state index contributed by atoms with van der Waals surface area (Å²) in [6.07, 6.45) is 4.24. The highest BCUT2D eigenvalue weighted by Crippen LogP contribution is 2.23. The summed E-state index contributed by atoms with van der Waals surface area (Å²) < 4.78 is 0. The SMILES string of the molecule is CC(O)CN(CC(=O)NC1CCC(C)CC1)C(C)C. The standard InChI is InChI=1S/C15H30N2O2/c1-11(2)17(9-13(4)18)10-15(19)16-14-7-5-12(3)6-8-14/h11-14,18H,5-10H2,1-4H3,(H,16,19). The molecule has 0 aromatic heterocycles. The Bertz CT molecular complexity index is 271. The molecule has 112 valence electrons. The Kier molecular flexibility index (Phi) is 6.80. The Morgan fingerprint density at radius 2 is 1.84 bits per heavy atom. The lowest BCUT2D eigenvalue weighted by molar-refractivity contribution is -0.124. The number of hydrogen-bond acceptors (Lipinski definition) is 3. The van der Waals surface area contributed by atoms with Crippen LogP contribution in [0.2, 0.25) is 0 Å². The van der Waals surface area contributed by atoms with Gasteiger partial charge in [-0.2, -0.15) is 0 Å². The second kappa shape index (κ2) is 7.85. The molecular weight excluding hydrogens is 240 g/mol. The smallest absolute Gasteiger partial charge is 0.234 e.